The number of carboxylic acid groups (broad SMARTS) is 1. The van der Waals surface area contributed by atoms with Crippen molar-refractivity contribution in [3.63, 3.8) is 0 Å². The zero-order chi connectivity index (χ0) is 18.1. The molecule has 2 unspecified atom stereocenters. The van der Waals surface area contributed by atoms with Crippen LogP contribution in [0, 0.1) is 0 Å². The van der Waals surface area contributed by atoms with Gasteiger partial charge < -0.3 is 15.2 Å². The van der Waals surface area contributed by atoms with Gasteiger partial charge in [-0.05, 0) is 31.6 Å². The molecular weight excluding hydrogens is 344 g/mol. The Morgan fingerprint density at radius 3 is 2.68 bits per heavy atom. The first-order chi connectivity index (χ1) is 11.9. The van der Waals surface area contributed by atoms with Crippen LogP contribution >= 0.6 is 11.8 Å². The molecule has 0 spiro atoms. The van der Waals surface area contributed by atoms with Gasteiger partial charge in [0, 0.05) is 5.75 Å². The Morgan fingerprint density at radius 1 is 1.36 bits per heavy atom. The number of aliphatic carboxylic acids is 1. The molecule has 25 heavy (non-hydrogen) atoms. The summed E-state index contributed by atoms with van der Waals surface area (Å²) in [7, 11) is 0. The highest BCUT2D eigenvalue weighted by Gasteiger charge is 2.53. The third kappa shape index (κ3) is 3.21. The minimum atomic E-state index is -1.12. The van der Waals surface area contributed by atoms with Crippen molar-refractivity contribution in [2.75, 3.05) is 5.75 Å². The predicted molar refractivity (Wildman–Crippen MR) is 91.9 cm³/mol. The number of carboxylic acids is 1. The molecular formula is C17H18N2O5S. The molecule has 8 heteroatoms. The van der Waals surface area contributed by atoms with Gasteiger partial charge in [0.2, 0.25) is 0 Å². The van der Waals surface area contributed by atoms with Gasteiger partial charge in [-0.15, -0.1) is 11.8 Å². The lowest BCUT2D eigenvalue weighted by Gasteiger charge is -2.49. The van der Waals surface area contributed by atoms with E-state index in [1.54, 1.807) is 38.1 Å². The maximum atomic E-state index is 12.3. The molecule has 7 nitrogen and oxygen atoms in total. The number of rotatable bonds is 5. The van der Waals surface area contributed by atoms with E-state index in [1.807, 2.05) is 6.07 Å². The Labute approximate surface area is 149 Å². The number of carbonyl (C=O) groups is 3. The Balaban J connectivity index is 1.64. The van der Waals surface area contributed by atoms with Crippen molar-refractivity contribution in [3.8, 4) is 5.75 Å². The van der Waals surface area contributed by atoms with Crippen molar-refractivity contribution in [2.45, 2.75) is 31.4 Å². The van der Waals surface area contributed by atoms with Crippen molar-refractivity contribution in [1.29, 1.82) is 0 Å². The fourth-order valence-corrected chi connectivity index (χ4v) is 4.10. The molecule has 0 saturated carbocycles. The first-order valence-electron chi connectivity index (χ1n) is 7.80. The van der Waals surface area contributed by atoms with Crippen molar-refractivity contribution >= 4 is 29.5 Å². The average Bonchev–Trinajstić information content (AvgIpc) is 2.59. The van der Waals surface area contributed by atoms with Gasteiger partial charge in [0.25, 0.3) is 11.8 Å². The van der Waals surface area contributed by atoms with Crippen LogP contribution in [0.4, 0.5) is 0 Å². The van der Waals surface area contributed by atoms with E-state index in [4.69, 9.17) is 4.74 Å². The summed E-state index contributed by atoms with van der Waals surface area (Å²) < 4.78 is 5.55. The number of thioether (sulfide) groups is 1. The summed E-state index contributed by atoms with van der Waals surface area (Å²) in [5.41, 5.74) is 0.667. The zero-order valence-corrected chi connectivity index (χ0v) is 14.6. The van der Waals surface area contributed by atoms with E-state index in [2.05, 4.69) is 5.32 Å². The molecule has 0 radical (unpaired) electrons. The Kier molecular flexibility index (Phi) is 4.71. The van der Waals surface area contributed by atoms with Crippen LogP contribution in [0.25, 0.3) is 0 Å². The minimum absolute atomic E-state index is 0.0211. The van der Waals surface area contributed by atoms with E-state index in [9.17, 15) is 19.5 Å². The predicted octanol–water partition coefficient (Wildman–Crippen LogP) is 1.21. The highest BCUT2D eigenvalue weighted by molar-refractivity contribution is 8.00. The van der Waals surface area contributed by atoms with Crippen LogP contribution in [0.1, 0.15) is 13.8 Å². The van der Waals surface area contributed by atoms with E-state index in [0.29, 0.717) is 17.1 Å². The number of amides is 2. The van der Waals surface area contributed by atoms with E-state index in [-0.39, 0.29) is 5.70 Å². The molecule has 1 saturated heterocycles. The third-order valence-electron chi connectivity index (χ3n) is 4.08. The van der Waals surface area contributed by atoms with Gasteiger partial charge in [0.15, 0.2) is 6.10 Å². The van der Waals surface area contributed by atoms with Crippen LogP contribution < -0.4 is 10.1 Å². The van der Waals surface area contributed by atoms with Gasteiger partial charge in [-0.2, -0.15) is 0 Å². The first-order valence-corrected chi connectivity index (χ1v) is 8.85. The van der Waals surface area contributed by atoms with Crippen LogP contribution in [0.3, 0.4) is 0 Å². The molecule has 2 amide bonds. The second-order valence-electron chi connectivity index (χ2n) is 5.90. The number of para-hydroxylation sites is 1. The SMILES string of the molecule is CC1=C(C(=O)O)N2C(=O)C(NC(=O)C(C)Oc3ccccc3)[C@H]2SC1. The molecule has 0 aliphatic carbocycles. The summed E-state index contributed by atoms with van der Waals surface area (Å²) in [6, 6.07) is 8.19. The molecule has 2 aliphatic heterocycles. The fourth-order valence-electron chi connectivity index (χ4n) is 2.80. The standard InChI is InChI=1S/C17H18N2O5S/c1-9-8-25-16-12(15(21)19(16)13(9)17(22)23)18-14(20)10(2)24-11-6-4-3-5-7-11/h3-7,10,12,16H,8H2,1-2H3,(H,18,20)(H,22,23)/t10?,12?,16-/m1/s1. The number of carbonyl (C=O) groups excluding carboxylic acids is 2. The van der Waals surface area contributed by atoms with E-state index in [0.717, 1.165) is 0 Å². The van der Waals surface area contributed by atoms with Gasteiger partial charge >= 0.3 is 5.97 Å². The van der Waals surface area contributed by atoms with Crippen molar-refractivity contribution in [3.05, 3.63) is 41.6 Å². The Morgan fingerprint density at radius 2 is 2.04 bits per heavy atom. The Hall–Kier alpha value is -2.48. The number of hydrogen-bond donors (Lipinski definition) is 2. The number of fused-ring (bicyclic) bond motifs is 1. The number of hydrogen-bond acceptors (Lipinski definition) is 5. The summed E-state index contributed by atoms with van der Waals surface area (Å²) in [5, 5.41) is 11.6. The number of benzene rings is 1. The van der Waals surface area contributed by atoms with Crippen LogP contribution in [-0.4, -0.2) is 51.1 Å². The van der Waals surface area contributed by atoms with Gasteiger partial charge in [0.1, 0.15) is 22.9 Å². The molecule has 2 N–H and O–H groups in total. The van der Waals surface area contributed by atoms with Crippen molar-refractivity contribution in [2.24, 2.45) is 0 Å². The van der Waals surface area contributed by atoms with Gasteiger partial charge in [-0.25, -0.2) is 4.79 Å². The number of ether oxygens (including phenoxy) is 1. The lowest BCUT2D eigenvalue weighted by Crippen LogP contribution is -2.71. The Bertz CT molecular complexity index is 749. The molecule has 0 bridgehead atoms. The van der Waals surface area contributed by atoms with Crippen LogP contribution in [-0.2, 0) is 14.4 Å². The van der Waals surface area contributed by atoms with Crippen molar-refractivity contribution < 1.29 is 24.2 Å². The number of nitrogens with zero attached hydrogens (tertiary/aromatic N) is 1. The maximum absolute atomic E-state index is 12.3. The quantitative estimate of drug-likeness (QED) is 0.765. The smallest absolute Gasteiger partial charge is 0.352 e. The normalized spacial score (nSPS) is 23.4. The summed E-state index contributed by atoms with van der Waals surface area (Å²) in [4.78, 5) is 37.3. The van der Waals surface area contributed by atoms with Crippen LogP contribution in [0.5, 0.6) is 5.75 Å². The first kappa shape index (κ1) is 17.3. The molecule has 132 valence electrons. The molecule has 1 aromatic rings. The summed E-state index contributed by atoms with van der Waals surface area (Å²) in [5.74, 6) is -0.870. The molecule has 2 heterocycles. The minimum Gasteiger partial charge on any atom is -0.481 e. The second-order valence-corrected chi connectivity index (χ2v) is 7.01. The largest absolute Gasteiger partial charge is 0.481 e. The van der Waals surface area contributed by atoms with Crippen LogP contribution in [0.2, 0.25) is 0 Å². The molecule has 0 aromatic heterocycles. The zero-order valence-electron chi connectivity index (χ0n) is 13.8. The van der Waals surface area contributed by atoms with Gasteiger partial charge in [-0.1, -0.05) is 18.2 Å². The summed E-state index contributed by atoms with van der Waals surface area (Å²) in [6.07, 6.45) is -0.769. The molecule has 1 fully saturated rings. The summed E-state index contributed by atoms with van der Waals surface area (Å²) in [6.45, 7) is 3.30. The van der Waals surface area contributed by atoms with E-state index < -0.39 is 35.3 Å². The highest BCUT2D eigenvalue weighted by Crippen LogP contribution is 2.40. The summed E-state index contributed by atoms with van der Waals surface area (Å²) >= 11 is 1.44. The monoisotopic (exact) mass is 362 g/mol. The van der Waals surface area contributed by atoms with E-state index >= 15 is 0 Å². The highest BCUT2D eigenvalue weighted by atomic mass is 32.2. The van der Waals surface area contributed by atoms with Gasteiger partial charge in [-0.3, -0.25) is 14.5 Å². The molecule has 2 aliphatic rings. The lowest BCUT2D eigenvalue weighted by molar-refractivity contribution is -0.151. The number of nitrogens with one attached hydrogen (secondary N) is 1. The lowest BCUT2D eigenvalue weighted by atomic mass is 10.0. The topological polar surface area (TPSA) is 95.9 Å². The molecule has 3 rings (SSSR count). The van der Waals surface area contributed by atoms with E-state index in [1.165, 1.54) is 16.7 Å². The average molecular weight is 362 g/mol. The fraction of sp³-hybridized carbons (Fsp3) is 0.353. The van der Waals surface area contributed by atoms with Gasteiger partial charge in [0.05, 0.1) is 0 Å². The molecule has 3 atom stereocenters. The maximum Gasteiger partial charge on any atom is 0.352 e. The second kappa shape index (κ2) is 6.79. The molecule has 1 aromatic carbocycles. The van der Waals surface area contributed by atoms with Crippen molar-refractivity contribution in [1.82, 2.24) is 10.2 Å². The third-order valence-corrected chi connectivity index (χ3v) is 5.51. The van der Waals surface area contributed by atoms with Crippen LogP contribution in [0.15, 0.2) is 41.6 Å². The number of β-lactam (4-membered cyclic amide) rings is 1.